The van der Waals surface area contributed by atoms with Crippen LogP contribution in [0.3, 0.4) is 0 Å². The van der Waals surface area contributed by atoms with E-state index in [1.54, 1.807) is 17.4 Å². The van der Waals surface area contributed by atoms with E-state index in [1.165, 1.54) is 4.88 Å². The Morgan fingerprint density at radius 2 is 2.16 bits per heavy atom. The normalized spacial score (nSPS) is 10.7. The highest BCUT2D eigenvalue weighted by Gasteiger charge is 2.06. The molecule has 3 aromatic rings. The van der Waals surface area contributed by atoms with Gasteiger partial charge in [-0.05, 0) is 36.4 Å². The molecule has 0 saturated heterocycles. The minimum Gasteiger partial charge on any atom is -0.342 e. The smallest absolute Gasteiger partial charge is 0.107 e. The number of hydrogen-bond acceptors (Lipinski definition) is 3. The molecule has 4 heteroatoms. The third-order valence-corrected chi connectivity index (χ3v) is 4.04. The molecule has 2 heterocycles. The van der Waals surface area contributed by atoms with E-state index in [0.717, 1.165) is 36.1 Å². The molecule has 94 valence electrons. The van der Waals surface area contributed by atoms with E-state index < -0.39 is 0 Å². The lowest BCUT2D eigenvalue weighted by molar-refractivity contribution is 0.793. The maximum absolute atomic E-state index is 9.04. The van der Waals surface area contributed by atoms with Crippen molar-refractivity contribution < 1.29 is 0 Å². The fourth-order valence-electron chi connectivity index (χ4n) is 2.18. The summed E-state index contributed by atoms with van der Waals surface area (Å²) in [4.78, 5) is 9.23. The van der Waals surface area contributed by atoms with Crippen molar-refractivity contribution in [1.29, 1.82) is 5.26 Å². The second-order valence-electron chi connectivity index (χ2n) is 4.43. The molecule has 3 rings (SSSR count). The zero-order valence-electron chi connectivity index (χ0n) is 10.4. The summed E-state index contributed by atoms with van der Waals surface area (Å²) in [6.07, 6.45) is 3.07. The number of aromatic nitrogens is 2. The van der Waals surface area contributed by atoms with Gasteiger partial charge in [-0.1, -0.05) is 12.1 Å². The molecule has 3 nitrogen and oxygen atoms in total. The summed E-state index contributed by atoms with van der Waals surface area (Å²) in [7, 11) is 0. The Balaban J connectivity index is 1.73. The number of benzene rings is 1. The van der Waals surface area contributed by atoms with Gasteiger partial charge >= 0.3 is 0 Å². The Labute approximate surface area is 115 Å². The van der Waals surface area contributed by atoms with Crippen molar-refractivity contribution in [3.63, 3.8) is 0 Å². The average molecular weight is 267 g/mol. The van der Waals surface area contributed by atoms with Crippen molar-refractivity contribution in [3.8, 4) is 6.07 Å². The standard InChI is InChI=1S/C15H13N3S/c16-10-11-4-1-7-13-15(11)18-14(17-13)8-2-5-12-6-3-9-19-12/h1,3-4,6-7,9H,2,5,8H2,(H,17,18). The summed E-state index contributed by atoms with van der Waals surface area (Å²) in [6.45, 7) is 0. The monoisotopic (exact) mass is 267 g/mol. The van der Waals surface area contributed by atoms with Gasteiger partial charge in [0.2, 0.25) is 0 Å². The van der Waals surface area contributed by atoms with Crippen molar-refractivity contribution >= 4 is 22.4 Å². The van der Waals surface area contributed by atoms with E-state index in [1.807, 2.05) is 12.1 Å². The van der Waals surface area contributed by atoms with Crippen LogP contribution < -0.4 is 0 Å². The van der Waals surface area contributed by atoms with Crippen LogP contribution in [-0.4, -0.2) is 9.97 Å². The van der Waals surface area contributed by atoms with Crippen molar-refractivity contribution in [3.05, 3.63) is 52.0 Å². The number of aryl methyl sites for hydroxylation is 2. The maximum atomic E-state index is 9.04. The summed E-state index contributed by atoms with van der Waals surface area (Å²) < 4.78 is 0. The first-order valence-corrected chi connectivity index (χ1v) is 7.15. The number of rotatable bonds is 4. The zero-order chi connectivity index (χ0) is 13.1. The lowest BCUT2D eigenvalue weighted by atomic mass is 10.2. The van der Waals surface area contributed by atoms with E-state index in [4.69, 9.17) is 5.26 Å². The first kappa shape index (κ1) is 11.9. The largest absolute Gasteiger partial charge is 0.342 e. The quantitative estimate of drug-likeness (QED) is 0.784. The molecule has 0 amide bonds. The molecule has 1 aromatic carbocycles. The van der Waals surface area contributed by atoms with E-state index in [9.17, 15) is 0 Å². The second kappa shape index (κ2) is 5.25. The topological polar surface area (TPSA) is 52.5 Å². The van der Waals surface area contributed by atoms with Gasteiger partial charge in [0.25, 0.3) is 0 Å². The van der Waals surface area contributed by atoms with Crippen molar-refractivity contribution in [2.75, 3.05) is 0 Å². The molecule has 0 bridgehead atoms. The zero-order valence-corrected chi connectivity index (χ0v) is 11.2. The second-order valence-corrected chi connectivity index (χ2v) is 5.46. The summed E-state index contributed by atoms with van der Waals surface area (Å²) in [5.41, 5.74) is 2.37. The van der Waals surface area contributed by atoms with Crippen LogP contribution in [0.2, 0.25) is 0 Å². The number of para-hydroxylation sites is 1. The van der Waals surface area contributed by atoms with E-state index in [0.29, 0.717) is 5.56 Å². The van der Waals surface area contributed by atoms with Gasteiger partial charge in [-0.25, -0.2) is 4.98 Å². The Kier molecular flexibility index (Phi) is 3.30. The number of imidazole rings is 1. The lowest BCUT2D eigenvalue weighted by Crippen LogP contribution is -1.90. The summed E-state index contributed by atoms with van der Waals surface area (Å²) >= 11 is 1.80. The molecule has 0 saturated carbocycles. The third kappa shape index (κ3) is 2.51. The molecule has 0 aliphatic heterocycles. The van der Waals surface area contributed by atoms with Gasteiger partial charge in [0.15, 0.2) is 0 Å². The van der Waals surface area contributed by atoms with Gasteiger partial charge in [-0.3, -0.25) is 0 Å². The minimum atomic E-state index is 0.637. The number of nitrogens with one attached hydrogen (secondary N) is 1. The van der Waals surface area contributed by atoms with E-state index in [2.05, 4.69) is 33.5 Å². The predicted octanol–water partition coefficient (Wildman–Crippen LogP) is 3.67. The van der Waals surface area contributed by atoms with Crippen LogP contribution in [0.5, 0.6) is 0 Å². The number of nitrogens with zero attached hydrogens (tertiary/aromatic N) is 2. The molecular weight excluding hydrogens is 254 g/mol. The van der Waals surface area contributed by atoms with Crippen LogP contribution in [-0.2, 0) is 12.8 Å². The van der Waals surface area contributed by atoms with Crippen LogP contribution in [0, 0.1) is 11.3 Å². The molecule has 0 fully saturated rings. The van der Waals surface area contributed by atoms with Crippen LogP contribution >= 0.6 is 11.3 Å². The number of hydrogen-bond donors (Lipinski definition) is 1. The summed E-state index contributed by atoms with van der Waals surface area (Å²) in [5.74, 6) is 0.967. The Morgan fingerprint density at radius 3 is 2.95 bits per heavy atom. The van der Waals surface area contributed by atoms with E-state index >= 15 is 0 Å². The fourth-order valence-corrected chi connectivity index (χ4v) is 2.93. The molecule has 0 unspecified atom stereocenters. The first-order chi connectivity index (χ1) is 9.36. The highest BCUT2D eigenvalue weighted by Crippen LogP contribution is 2.17. The number of aromatic amines is 1. The molecule has 0 spiro atoms. The molecule has 0 radical (unpaired) electrons. The van der Waals surface area contributed by atoms with Gasteiger partial charge in [-0.2, -0.15) is 5.26 Å². The molecule has 0 aliphatic carbocycles. The van der Waals surface area contributed by atoms with Gasteiger partial charge < -0.3 is 4.98 Å². The van der Waals surface area contributed by atoms with Gasteiger partial charge in [0.1, 0.15) is 17.4 Å². The third-order valence-electron chi connectivity index (χ3n) is 3.10. The Morgan fingerprint density at radius 1 is 1.21 bits per heavy atom. The lowest BCUT2D eigenvalue weighted by Gasteiger charge is -1.95. The van der Waals surface area contributed by atoms with Crippen LogP contribution in [0.1, 0.15) is 22.7 Å². The van der Waals surface area contributed by atoms with Crippen LogP contribution in [0.15, 0.2) is 35.7 Å². The Hall–Kier alpha value is -2.12. The highest BCUT2D eigenvalue weighted by atomic mass is 32.1. The predicted molar refractivity (Wildman–Crippen MR) is 77.2 cm³/mol. The SMILES string of the molecule is N#Cc1cccc2[nH]c(CCCc3cccs3)nc12. The number of fused-ring (bicyclic) bond motifs is 1. The minimum absolute atomic E-state index is 0.637. The number of nitriles is 1. The maximum Gasteiger partial charge on any atom is 0.107 e. The van der Waals surface area contributed by atoms with Crippen LogP contribution in [0.25, 0.3) is 11.0 Å². The van der Waals surface area contributed by atoms with Crippen LogP contribution in [0.4, 0.5) is 0 Å². The van der Waals surface area contributed by atoms with Crippen molar-refractivity contribution in [2.24, 2.45) is 0 Å². The molecule has 2 aromatic heterocycles. The van der Waals surface area contributed by atoms with Gasteiger partial charge in [0, 0.05) is 11.3 Å². The summed E-state index contributed by atoms with van der Waals surface area (Å²) in [5, 5.41) is 11.2. The van der Waals surface area contributed by atoms with Gasteiger partial charge in [0.05, 0.1) is 11.1 Å². The van der Waals surface area contributed by atoms with E-state index in [-0.39, 0.29) is 0 Å². The summed E-state index contributed by atoms with van der Waals surface area (Å²) in [6, 6.07) is 12.1. The highest BCUT2D eigenvalue weighted by molar-refractivity contribution is 7.09. The first-order valence-electron chi connectivity index (χ1n) is 6.27. The number of H-pyrrole nitrogens is 1. The molecular formula is C15H13N3S. The average Bonchev–Trinajstić information content (AvgIpc) is 3.06. The fraction of sp³-hybridized carbons (Fsp3) is 0.200. The molecule has 19 heavy (non-hydrogen) atoms. The Bertz CT molecular complexity index is 720. The van der Waals surface area contributed by atoms with Gasteiger partial charge in [-0.15, -0.1) is 11.3 Å². The molecule has 0 aliphatic rings. The van der Waals surface area contributed by atoms with Crippen molar-refractivity contribution in [1.82, 2.24) is 9.97 Å². The molecule has 1 N–H and O–H groups in total. The van der Waals surface area contributed by atoms with Crippen molar-refractivity contribution in [2.45, 2.75) is 19.3 Å². The molecule has 0 atom stereocenters. The number of thiophene rings is 1.